The lowest BCUT2D eigenvalue weighted by atomic mass is 9.88. The first-order valence-electron chi connectivity index (χ1n) is 8.12. The molecule has 0 fully saturated rings. The van der Waals surface area contributed by atoms with Crippen LogP contribution in [0.5, 0.6) is 0 Å². The summed E-state index contributed by atoms with van der Waals surface area (Å²) in [5.41, 5.74) is 0.871. The first kappa shape index (κ1) is 19.5. The van der Waals surface area contributed by atoms with Crippen LogP contribution < -0.4 is 0 Å². The Morgan fingerprint density at radius 2 is 1.74 bits per heavy atom. The molecule has 0 saturated heterocycles. The summed E-state index contributed by atoms with van der Waals surface area (Å²) in [6, 6.07) is -0.335. The molecular formula is C18H29N3O2. The number of carbonyl (C=O) groups is 1. The molecule has 1 rings (SSSR count). The molecule has 1 heterocycles. The lowest BCUT2D eigenvalue weighted by Crippen LogP contribution is -2.53. The number of hydrogen-bond donors (Lipinski definition) is 1. The summed E-state index contributed by atoms with van der Waals surface area (Å²) in [7, 11) is 1.89. The van der Waals surface area contributed by atoms with E-state index in [1.54, 1.807) is 12.4 Å². The van der Waals surface area contributed by atoms with Gasteiger partial charge in [0.15, 0.2) is 5.78 Å². The number of aliphatic hydroxyl groups excluding tert-OH is 1. The minimum Gasteiger partial charge on any atom is -0.390 e. The quantitative estimate of drug-likeness (QED) is 0.797. The number of likely N-dealkylation sites (N-methyl/N-ethyl adjacent to an activating group) is 1. The molecule has 3 atom stereocenters. The van der Waals surface area contributed by atoms with Gasteiger partial charge in [0.2, 0.25) is 0 Å². The first-order chi connectivity index (χ1) is 10.8. The number of Topliss-reactive ketones (excluding diaryl/α,β-unsaturated/α-hetero) is 1. The number of carbonyl (C=O) groups excluding carboxylic acids is 1. The van der Waals surface area contributed by atoms with Gasteiger partial charge in [0.05, 0.1) is 12.1 Å². The molecule has 5 nitrogen and oxygen atoms in total. The predicted octanol–water partition coefficient (Wildman–Crippen LogP) is 2.42. The zero-order valence-corrected chi connectivity index (χ0v) is 15.0. The Morgan fingerprint density at radius 3 is 2.22 bits per heavy atom. The van der Waals surface area contributed by atoms with Crippen molar-refractivity contribution < 1.29 is 9.90 Å². The van der Waals surface area contributed by atoms with Gasteiger partial charge in [-0.15, -0.1) is 0 Å². The highest BCUT2D eigenvalue weighted by Crippen LogP contribution is 2.20. The van der Waals surface area contributed by atoms with Crippen LogP contribution in [-0.4, -0.2) is 51.0 Å². The van der Waals surface area contributed by atoms with Gasteiger partial charge in [0, 0.05) is 35.8 Å². The maximum atomic E-state index is 12.6. The third kappa shape index (κ3) is 5.52. The highest BCUT2D eigenvalue weighted by molar-refractivity contribution is 5.86. The topological polar surface area (TPSA) is 66.3 Å². The van der Waals surface area contributed by atoms with Crippen molar-refractivity contribution in [3.05, 3.63) is 30.4 Å². The Hall–Kier alpha value is -1.59. The third-order valence-corrected chi connectivity index (χ3v) is 4.15. The van der Waals surface area contributed by atoms with Crippen LogP contribution in [0.25, 0.3) is 6.08 Å². The zero-order chi connectivity index (χ0) is 17.6. The van der Waals surface area contributed by atoms with E-state index in [0.29, 0.717) is 0 Å². The average molecular weight is 319 g/mol. The third-order valence-electron chi connectivity index (χ3n) is 4.15. The van der Waals surface area contributed by atoms with E-state index in [9.17, 15) is 9.90 Å². The van der Waals surface area contributed by atoms with Crippen LogP contribution in [0.3, 0.4) is 0 Å². The van der Waals surface area contributed by atoms with Crippen LogP contribution in [0.4, 0.5) is 0 Å². The summed E-state index contributed by atoms with van der Waals surface area (Å²) >= 11 is 0. The lowest BCUT2D eigenvalue weighted by molar-refractivity contribution is -0.132. The second-order valence-electron chi connectivity index (χ2n) is 6.64. The van der Waals surface area contributed by atoms with Crippen molar-refractivity contribution >= 4 is 11.9 Å². The Balaban J connectivity index is 2.92. The normalized spacial score (nSPS) is 16.3. The number of ketones is 1. The fourth-order valence-corrected chi connectivity index (χ4v) is 2.33. The zero-order valence-electron chi connectivity index (χ0n) is 15.0. The molecule has 5 heteroatoms. The van der Waals surface area contributed by atoms with Gasteiger partial charge in [-0.2, -0.15) is 0 Å². The van der Waals surface area contributed by atoms with Gasteiger partial charge in [-0.1, -0.05) is 32.9 Å². The molecule has 23 heavy (non-hydrogen) atoms. The SMILES string of the molecule is CC(C)C(=O)[C@H]([C@H](O)[C@H](C)/C=C/c1cncnc1)N(C)C(C)C. The molecule has 0 aromatic carbocycles. The minimum atomic E-state index is -0.766. The minimum absolute atomic E-state index is 0.0667. The molecule has 0 bridgehead atoms. The molecular weight excluding hydrogens is 290 g/mol. The highest BCUT2D eigenvalue weighted by atomic mass is 16.3. The van der Waals surface area contributed by atoms with Gasteiger partial charge in [-0.25, -0.2) is 9.97 Å². The summed E-state index contributed by atoms with van der Waals surface area (Å²) in [6.45, 7) is 9.71. The Bertz CT molecular complexity index is 514. The molecule has 0 amide bonds. The van der Waals surface area contributed by atoms with Gasteiger partial charge in [-0.05, 0) is 20.9 Å². The largest absolute Gasteiger partial charge is 0.390 e. The van der Waals surface area contributed by atoms with Crippen molar-refractivity contribution in [2.45, 2.75) is 52.8 Å². The summed E-state index contributed by atoms with van der Waals surface area (Å²) in [6.07, 6.45) is 7.90. The van der Waals surface area contributed by atoms with E-state index in [-0.39, 0.29) is 23.7 Å². The van der Waals surface area contributed by atoms with Gasteiger partial charge >= 0.3 is 0 Å². The van der Waals surface area contributed by atoms with Crippen LogP contribution in [0.15, 0.2) is 24.8 Å². The van der Waals surface area contributed by atoms with E-state index in [1.807, 2.05) is 58.7 Å². The summed E-state index contributed by atoms with van der Waals surface area (Å²) in [5.74, 6) is -0.212. The summed E-state index contributed by atoms with van der Waals surface area (Å²) in [5, 5.41) is 10.7. The van der Waals surface area contributed by atoms with E-state index < -0.39 is 12.1 Å². The van der Waals surface area contributed by atoms with Crippen molar-refractivity contribution in [2.24, 2.45) is 11.8 Å². The van der Waals surface area contributed by atoms with E-state index in [0.717, 1.165) is 5.56 Å². The second kappa shape index (κ2) is 8.89. The molecule has 0 unspecified atom stereocenters. The standard InChI is InChI=1S/C18H29N3O2/c1-12(2)17(22)16(21(6)13(3)4)18(23)14(5)7-8-15-9-19-11-20-10-15/h7-14,16,18,23H,1-6H3/b8-7+/t14-,16-,18-/m1/s1. The first-order valence-corrected chi connectivity index (χ1v) is 8.12. The molecule has 1 N–H and O–H groups in total. The molecule has 0 radical (unpaired) electrons. The van der Waals surface area contributed by atoms with Crippen molar-refractivity contribution in [1.29, 1.82) is 0 Å². The highest BCUT2D eigenvalue weighted by Gasteiger charge is 2.35. The molecule has 0 aliphatic rings. The van der Waals surface area contributed by atoms with E-state index in [1.165, 1.54) is 6.33 Å². The van der Waals surface area contributed by atoms with Gasteiger partial charge in [0.25, 0.3) is 0 Å². The second-order valence-corrected chi connectivity index (χ2v) is 6.64. The van der Waals surface area contributed by atoms with Gasteiger partial charge < -0.3 is 5.11 Å². The van der Waals surface area contributed by atoms with Crippen LogP contribution in [0.1, 0.15) is 40.2 Å². The molecule has 0 aliphatic carbocycles. The van der Waals surface area contributed by atoms with Gasteiger partial charge in [-0.3, -0.25) is 9.69 Å². The summed E-state index contributed by atoms with van der Waals surface area (Å²) < 4.78 is 0. The van der Waals surface area contributed by atoms with Crippen molar-refractivity contribution in [3.63, 3.8) is 0 Å². The Morgan fingerprint density at radius 1 is 1.17 bits per heavy atom. The number of aliphatic hydroxyl groups is 1. The molecule has 1 aromatic heterocycles. The monoisotopic (exact) mass is 319 g/mol. The van der Waals surface area contributed by atoms with Crippen LogP contribution in [0.2, 0.25) is 0 Å². The molecule has 0 aliphatic heterocycles. The van der Waals surface area contributed by atoms with Crippen LogP contribution >= 0.6 is 0 Å². The number of rotatable bonds is 8. The maximum Gasteiger partial charge on any atom is 0.155 e. The number of aromatic nitrogens is 2. The Kier molecular flexibility index (Phi) is 7.52. The predicted molar refractivity (Wildman–Crippen MR) is 92.8 cm³/mol. The Labute approximate surface area is 139 Å². The summed E-state index contributed by atoms with van der Waals surface area (Å²) in [4.78, 5) is 22.4. The number of hydrogen-bond acceptors (Lipinski definition) is 5. The molecule has 0 spiro atoms. The number of nitrogens with zero attached hydrogens (tertiary/aromatic N) is 3. The van der Waals surface area contributed by atoms with E-state index >= 15 is 0 Å². The smallest absolute Gasteiger partial charge is 0.155 e. The molecule has 0 saturated carbocycles. The van der Waals surface area contributed by atoms with E-state index in [4.69, 9.17) is 0 Å². The van der Waals surface area contributed by atoms with Crippen molar-refractivity contribution in [3.8, 4) is 0 Å². The van der Waals surface area contributed by atoms with Crippen LogP contribution in [-0.2, 0) is 4.79 Å². The van der Waals surface area contributed by atoms with Crippen molar-refractivity contribution in [2.75, 3.05) is 7.05 Å². The lowest BCUT2D eigenvalue weighted by Gasteiger charge is -2.36. The average Bonchev–Trinajstić information content (AvgIpc) is 2.53. The maximum absolute atomic E-state index is 12.6. The van der Waals surface area contributed by atoms with Crippen molar-refractivity contribution in [1.82, 2.24) is 14.9 Å². The molecule has 128 valence electrons. The van der Waals surface area contributed by atoms with E-state index in [2.05, 4.69) is 9.97 Å². The van der Waals surface area contributed by atoms with Gasteiger partial charge in [0.1, 0.15) is 6.33 Å². The van der Waals surface area contributed by atoms with Crippen LogP contribution in [0, 0.1) is 11.8 Å². The molecule has 1 aromatic rings. The fraction of sp³-hybridized carbons (Fsp3) is 0.611. The fourth-order valence-electron chi connectivity index (χ4n) is 2.33.